The SMILES string of the molecule is COc1ccccc1N1CCN(C(=O)CCc2ccc(C)c(C)c2)CC1=O. The van der Waals surface area contributed by atoms with E-state index in [9.17, 15) is 9.59 Å². The van der Waals surface area contributed by atoms with Crippen molar-refractivity contribution in [2.45, 2.75) is 26.7 Å². The van der Waals surface area contributed by atoms with Crippen LogP contribution in [0.1, 0.15) is 23.1 Å². The van der Waals surface area contributed by atoms with Gasteiger partial charge in [-0.2, -0.15) is 0 Å². The van der Waals surface area contributed by atoms with Gasteiger partial charge in [0.2, 0.25) is 11.8 Å². The van der Waals surface area contributed by atoms with Crippen LogP contribution in [-0.4, -0.2) is 43.5 Å². The van der Waals surface area contributed by atoms with Crippen molar-refractivity contribution in [2.75, 3.05) is 31.6 Å². The summed E-state index contributed by atoms with van der Waals surface area (Å²) in [4.78, 5) is 28.5. The van der Waals surface area contributed by atoms with Crippen LogP contribution in [0.25, 0.3) is 0 Å². The van der Waals surface area contributed by atoms with E-state index in [1.54, 1.807) is 16.9 Å². The van der Waals surface area contributed by atoms with Crippen LogP contribution in [0.5, 0.6) is 5.75 Å². The van der Waals surface area contributed by atoms with Crippen LogP contribution in [-0.2, 0) is 16.0 Å². The number of amides is 2. The van der Waals surface area contributed by atoms with Crippen molar-refractivity contribution in [1.82, 2.24) is 4.90 Å². The lowest BCUT2D eigenvalue weighted by molar-refractivity contribution is -0.136. The summed E-state index contributed by atoms with van der Waals surface area (Å²) in [5.41, 5.74) is 4.40. The third kappa shape index (κ3) is 4.30. The lowest BCUT2D eigenvalue weighted by atomic mass is 10.0. The maximum Gasteiger partial charge on any atom is 0.246 e. The van der Waals surface area contributed by atoms with E-state index in [1.165, 1.54) is 11.1 Å². The highest BCUT2D eigenvalue weighted by Crippen LogP contribution is 2.29. The molecule has 0 saturated carbocycles. The smallest absolute Gasteiger partial charge is 0.246 e. The molecule has 1 fully saturated rings. The maximum atomic E-state index is 12.6. The summed E-state index contributed by atoms with van der Waals surface area (Å²) in [6.45, 7) is 5.29. The first-order valence-electron chi connectivity index (χ1n) is 9.27. The first-order valence-corrected chi connectivity index (χ1v) is 9.27. The van der Waals surface area contributed by atoms with E-state index in [2.05, 4.69) is 32.0 Å². The molecule has 1 heterocycles. The van der Waals surface area contributed by atoms with E-state index in [0.29, 0.717) is 31.7 Å². The Labute approximate surface area is 160 Å². The molecule has 0 N–H and O–H groups in total. The predicted molar refractivity (Wildman–Crippen MR) is 106 cm³/mol. The predicted octanol–water partition coefficient (Wildman–Crippen LogP) is 3.12. The molecular formula is C22H26N2O3. The number of benzene rings is 2. The summed E-state index contributed by atoms with van der Waals surface area (Å²) in [7, 11) is 1.59. The molecule has 5 nitrogen and oxygen atoms in total. The number of rotatable bonds is 5. The molecule has 0 radical (unpaired) electrons. The van der Waals surface area contributed by atoms with Gasteiger partial charge < -0.3 is 14.5 Å². The van der Waals surface area contributed by atoms with E-state index in [0.717, 1.165) is 11.3 Å². The fraction of sp³-hybridized carbons (Fsp3) is 0.364. The molecule has 1 aliphatic rings. The molecule has 0 spiro atoms. The fourth-order valence-corrected chi connectivity index (χ4v) is 3.36. The average molecular weight is 366 g/mol. The normalized spacial score (nSPS) is 14.4. The Balaban J connectivity index is 1.59. The third-order valence-corrected chi connectivity index (χ3v) is 5.15. The number of hydrogen-bond acceptors (Lipinski definition) is 3. The fourth-order valence-electron chi connectivity index (χ4n) is 3.36. The molecule has 2 amide bonds. The molecule has 0 unspecified atom stereocenters. The third-order valence-electron chi connectivity index (χ3n) is 5.15. The van der Waals surface area contributed by atoms with Crippen molar-refractivity contribution < 1.29 is 14.3 Å². The molecule has 3 rings (SSSR count). The van der Waals surface area contributed by atoms with Gasteiger partial charge >= 0.3 is 0 Å². The Bertz CT molecular complexity index is 847. The average Bonchev–Trinajstić information content (AvgIpc) is 2.68. The van der Waals surface area contributed by atoms with Gasteiger partial charge in [-0.15, -0.1) is 0 Å². The highest BCUT2D eigenvalue weighted by atomic mass is 16.5. The van der Waals surface area contributed by atoms with Crippen molar-refractivity contribution in [3.63, 3.8) is 0 Å². The minimum atomic E-state index is -0.0784. The highest BCUT2D eigenvalue weighted by molar-refractivity contribution is 5.99. The molecule has 0 bridgehead atoms. The summed E-state index contributed by atoms with van der Waals surface area (Å²) in [5.74, 6) is 0.618. The lowest BCUT2D eigenvalue weighted by Crippen LogP contribution is -2.52. The number of piperazine rings is 1. The molecule has 27 heavy (non-hydrogen) atoms. The second-order valence-electron chi connectivity index (χ2n) is 6.95. The quantitative estimate of drug-likeness (QED) is 0.817. The number of para-hydroxylation sites is 2. The van der Waals surface area contributed by atoms with Crippen molar-refractivity contribution in [1.29, 1.82) is 0 Å². The van der Waals surface area contributed by atoms with Gasteiger partial charge in [0, 0.05) is 19.5 Å². The van der Waals surface area contributed by atoms with E-state index in [1.807, 2.05) is 24.3 Å². The molecular weight excluding hydrogens is 340 g/mol. The van der Waals surface area contributed by atoms with Gasteiger partial charge in [-0.05, 0) is 49.1 Å². The molecule has 0 atom stereocenters. The van der Waals surface area contributed by atoms with Gasteiger partial charge in [-0.1, -0.05) is 30.3 Å². The molecule has 0 aromatic heterocycles. The van der Waals surface area contributed by atoms with E-state index in [4.69, 9.17) is 4.74 Å². The summed E-state index contributed by atoms with van der Waals surface area (Å²) in [6, 6.07) is 13.8. The van der Waals surface area contributed by atoms with E-state index >= 15 is 0 Å². The van der Waals surface area contributed by atoms with Crippen molar-refractivity contribution in [2.24, 2.45) is 0 Å². The van der Waals surface area contributed by atoms with Crippen molar-refractivity contribution >= 4 is 17.5 Å². The standard InChI is InChI=1S/C22H26N2O3/c1-16-8-9-18(14-17(16)2)10-11-21(25)23-12-13-24(22(26)15-23)19-6-4-5-7-20(19)27-3/h4-9,14H,10-13,15H2,1-3H3. The van der Waals surface area contributed by atoms with Gasteiger partial charge in [0.25, 0.3) is 0 Å². The van der Waals surface area contributed by atoms with Gasteiger partial charge in [0.1, 0.15) is 12.3 Å². The topological polar surface area (TPSA) is 49.9 Å². The Morgan fingerprint density at radius 1 is 1.07 bits per heavy atom. The lowest BCUT2D eigenvalue weighted by Gasteiger charge is -2.35. The number of nitrogens with zero attached hydrogens (tertiary/aromatic N) is 2. The summed E-state index contributed by atoms with van der Waals surface area (Å²) in [5, 5.41) is 0. The largest absolute Gasteiger partial charge is 0.495 e. The molecule has 0 aliphatic carbocycles. The number of carbonyl (C=O) groups excluding carboxylic acids is 2. The van der Waals surface area contributed by atoms with Crippen LogP contribution in [0.3, 0.4) is 0 Å². The minimum Gasteiger partial charge on any atom is -0.495 e. The number of anilines is 1. The Morgan fingerprint density at radius 2 is 1.85 bits per heavy atom. The van der Waals surface area contributed by atoms with Crippen LogP contribution in [0.2, 0.25) is 0 Å². The monoisotopic (exact) mass is 366 g/mol. The number of ether oxygens (including phenoxy) is 1. The molecule has 2 aromatic rings. The van der Waals surface area contributed by atoms with Gasteiger partial charge in [0.15, 0.2) is 0 Å². The van der Waals surface area contributed by atoms with Gasteiger partial charge in [-0.25, -0.2) is 0 Å². The Morgan fingerprint density at radius 3 is 2.56 bits per heavy atom. The molecule has 1 aliphatic heterocycles. The molecule has 5 heteroatoms. The first kappa shape index (κ1) is 19.0. The van der Waals surface area contributed by atoms with Crippen molar-refractivity contribution in [3.8, 4) is 5.75 Å². The molecule has 1 saturated heterocycles. The summed E-state index contributed by atoms with van der Waals surface area (Å²) in [6.07, 6.45) is 1.12. The van der Waals surface area contributed by atoms with Crippen LogP contribution in [0, 0.1) is 13.8 Å². The van der Waals surface area contributed by atoms with E-state index < -0.39 is 0 Å². The Hall–Kier alpha value is -2.82. The van der Waals surface area contributed by atoms with E-state index in [-0.39, 0.29) is 18.4 Å². The second-order valence-corrected chi connectivity index (χ2v) is 6.95. The zero-order chi connectivity index (χ0) is 19.4. The van der Waals surface area contributed by atoms with Crippen LogP contribution < -0.4 is 9.64 Å². The first-order chi connectivity index (χ1) is 13.0. The van der Waals surface area contributed by atoms with Crippen LogP contribution in [0.15, 0.2) is 42.5 Å². The zero-order valence-corrected chi connectivity index (χ0v) is 16.2. The minimum absolute atomic E-state index is 0.0289. The van der Waals surface area contributed by atoms with Crippen LogP contribution >= 0.6 is 0 Å². The maximum absolute atomic E-state index is 12.6. The van der Waals surface area contributed by atoms with Crippen LogP contribution in [0.4, 0.5) is 5.69 Å². The zero-order valence-electron chi connectivity index (χ0n) is 16.2. The number of aryl methyl sites for hydroxylation is 3. The number of methoxy groups -OCH3 is 1. The molecule has 2 aromatic carbocycles. The summed E-state index contributed by atoms with van der Waals surface area (Å²) < 4.78 is 5.35. The number of hydrogen-bond donors (Lipinski definition) is 0. The van der Waals surface area contributed by atoms with Gasteiger partial charge in [-0.3, -0.25) is 9.59 Å². The number of carbonyl (C=O) groups is 2. The highest BCUT2D eigenvalue weighted by Gasteiger charge is 2.29. The molecule has 142 valence electrons. The van der Waals surface area contributed by atoms with Crippen molar-refractivity contribution in [3.05, 3.63) is 59.2 Å². The van der Waals surface area contributed by atoms with Gasteiger partial charge in [0.05, 0.1) is 12.8 Å². The second kappa shape index (κ2) is 8.25. The Kier molecular flexibility index (Phi) is 5.79. The summed E-state index contributed by atoms with van der Waals surface area (Å²) >= 11 is 0.